The second kappa shape index (κ2) is 4.70. The van der Waals surface area contributed by atoms with Gasteiger partial charge in [0.25, 0.3) is 5.88 Å². The molecule has 0 spiro atoms. The highest BCUT2D eigenvalue weighted by Gasteiger charge is 2.09. The lowest BCUT2D eigenvalue weighted by molar-refractivity contribution is 0.340. The molecule has 3 heteroatoms. The van der Waals surface area contributed by atoms with Gasteiger partial charge in [0.15, 0.2) is 5.75 Å². The van der Waals surface area contributed by atoms with E-state index in [0.717, 1.165) is 24.2 Å². The van der Waals surface area contributed by atoms with Crippen molar-refractivity contribution in [1.29, 1.82) is 0 Å². The van der Waals surface area contributed by atoms with Crippen LogP contribution >= 0.6 is 0 Å². The summed E-state index contributed by atoms with van der Waals surface area (Å²) in [7, 11) is 3.24. The van der Waals surface area contributed by atoms with Gasteiger partial charge in [0.05, 0.1) is 14.2 Å². The summed E-state index contributed by atoms with van der Waals surface area (Å²) in [6.07, 6.45) is 3.82. The fourth-order valence-corrected chi connectivity index (χ4v) is 1.30. The molecule has 0 fully saturated rings. The summed E-state index contributed by atoms with van der Waals surface area (Å²) in [6.45, 7) is 2.13. The Morgan fingerprint density at radius 3 is 2.62 bits per heavy atom. The molecule has 0 bridgehead atoms. The van der Waals surface area contributed by atoms with Gasteiger partial charge in [-0.25, -0.2) is 4.98 Å². The first-order chi connectivity index (χ1) is 6.33. The molecular weight excluding hydrogens is 166 g/mol. The van der Waals surface area contributed by atoms with Crippen molar-refractivity contribution in [2.75, 3.05) is 14.2 Å². The maximum absolute atomic E-state index is 5.23. The number of methoxy groups -OCH3 is 2. The number of ether oxygens (including phenoxy) is 2. The third kappa shape index (κ3) is 2.11. The van der Waals surface area contributed by atoms with Gasteiger partial charge in [-0.1, -0.05) is 13.3 Å². The lowest BCUT2D eigenvalue weighted by Gasteiger charge is -2.10. The molecule has 0 atom stereocenters. The summed E-state index contributed by atoms with van der Waals surface area (Å²) < 4.78 is 10.3. The van der Waals surface area contributed by atoms with Crippen LogP contribution in [-0.4, -0.2) is 19.2 Å². The second-order valence-corrected chi connectivity index (χ2v) is 2.76. The van der Waals surface area contributed by atoms with E-state index < -0.39 is 0 Å². The first kappa shape index (κ1) is 9.84. The molecule has 0 aliphatic rings. The van der Waals surface area contributed by atoms with Crippen molar-refractivity contribution in [1.82, 2.24) is 4.98 Å². The van der Waals surface area contributed by atoms with Crippen molar-refractivity contribution >= 4 is 0 Å². The fourth-order valence-electron chi connectivity index (χ4n) is 1.30. The zero-order chi connectivity index (χ0) is 9.68. The van der Waals surface area contributed by atoms with E-state index >= 15 is 0 Å². The number of pyridine rings is 1. The third-order valence-electron chi connectivity index (χ3n) is 1.87. The minimum Gasteiger partial charge on any atom is -0.491 e. The summed E-state index contributed by atoms with van der Waals surface area (Å²) in [5, 5.41) is 0. The molecule has 0 saturated carbocycles. The molecule has 3 nitrogen and oxygen atoms in total. The number of hydrogen-bond donors (Lipinski definition) is 0. The first-order valence-corrected chi connectivity index (χ1v) is 4.39. The van der Waals surface area contributed by atoms with E-state index in [1.54, 1.807) is 20.4 Å². The lowest BCUT2D eigenvalue weighted by atomic mass is 10.1. The topological polar surface area (TPSA) is 31.4 Å². The quantitative estimate of drug-likeness (QED) is 0.712. The Kier molecular flexibility index (Phi) is 3.55. The highest BCUT2D eigenvalue weighted by atomic mass is 16.5. The monoisotopic (exact) mass is 181 g/mol. The molecule has 0 N–H and O–H groups in total. The molecular formula is C10H15NO2. The van der Waals surface area contributed by atoms with E-state index in [2.05, 4.69) is 11.9 Å². The molecule has 0 aromatic carbocycles. The minimum absolute atomic E-state index is 0.563. The number of nitrogens with zero attached hydrogens (tertiary/aromatic N) is 1. The molecule has 72 valence electrons. The summed E-state index contributed by atoms with van der Waals surface area (Å²) >= 11 is 0. The molecule has 1 rings (SSSR count). The van der Waals surface area contributed by atoms with Gasteiger partial charge in [-0.3, -0.25) is 0 Å². The Morgan fingerprint density at radius 1 is 1.31 bits per heavy atom. The molecule has 0 aliphatic carbocycles. The van der Waals surface area contributed by atoms with E-state index in [1.165, 1.54) is 0 Å². The highest BCUT2D eigenvalue weighted by molar-refractivity contribution is 5.41. The summed E-state index contributed by atoms with van der Waals surface area (Å²) in [6, 6.07) is 1.96. The predicted octanol–water partition coefficient (Wildman–Crippen LogP) is 2.05. The van der Waals surface area contributed by atoms with Gasteiger partial charge >= 0.3 is 0 Å². The number of rotatable bonds is 4. The van der Waals surface area contributed by atoms with E-state index in [-0.39, 0.29) is 0 Å². The second-order valence-electron chi connectivity index (χ2n) is 2.76. The third-order valence-corrected chi connectivity index (χ3v) is 1.87. The zero-order valence-corrected chi connectivity index (χ0v) is 8.33. The lowest BCUT2D eigenvalue weighted by Crippen LogP contribution is -1.97. The molecule has 1 aromatic rings. The Labute approximate surface area is 78.7 Å². The van der Waals surface area contributed by atoms with Gasteiger partial charge in [-0.05, 0) is 12.5 Å². The van der Waals surface area contributed by atoms with Crippen LogP contribution < -0.4 is 9.47 Å². The van der Waals surface area contributed by atoms with E-state index in [0.29, 0.717) is 5.88 Å². The van der Waals surface area contributed by atoms with Gasteiger partial charge < -0.3 is 9.47 Å². The van der Waals surface area contributed by atoms with Gasteiger partial charge in [0, 0.05) is 11.8 Å². The smallest absolute Gasteiger partial charge is 0.256 e. The van der Waals surface area contributed by atoms with Crippen LogP contribution in [0.3, 0.4) is 0 Å². The Hall–Kier alpha value is -1.25. The van der Waals surface area contributed by atoms with Crippen molar-refractivity contribution < 1.29 is 9.47 Å². The molecule has 0 aliphatic heterocycles. The molecule has 0 saturated heterocycles. The fraction of sp³-hybridized carbons (Fsp3) is 0.500. The predicted molar refractivity (Wildman–Crippen MR) is 51.3 cm³/mol. The van der Waals surface area contributed by atoms with Crippen LogP contribution in [0, 0.1) is 0 Å². The van der Waals surface area contributed by atoms with Gasteiger partial charge in [0.1, 0.15) is 0 Å². The van der Waals surface area contributed by atoms with Crippen molar-refractivity contribution in [3.63, 3.8) is 0 Å². The van der Waals surface area contributed by atoms with Crippen LogP contribution in [0.5, 0.6) is 11.6 Å². The maximum Gasteiger partial charge on any atom is 0.256 e. The molecule has 0 unspecified atom stereocenters. The molecule has 1 aromatic heterocycles. The van der Waals surface area contributed by atoms with Crippen molar-refractivity contribution in [2.24, 2.45) is 0 Å². The van der Waals surface area contributed by atoms with Crippen LogP contribution in [0.15, 0.2) is 12.3 Å². The standard InChI is InChI=1S/C10H15NO2/c1-4-5-8-6-7-11-10(13-3)9(8)12-2/h6-7H,4-5H2,1-3H3. The Bertz CT molecular complexity index is 274. The van der Waals surface area contributed by atoms with E-state index in [9.17, 15) is 0 Å². The van der Waals surface area contributed by atoms with Crippen molar-refractivity contribution in [3.8, 4) is 11.6 Å². The zero-order valence-electron chi connectivity index (χ0n) is 8.33. The SMILES string of the molecule is CCCc1ccnc(OC)c1OC. The number of aromatic nitrogens is 1. The van der Waals surface area contributed by atoms with Crippen LogP contribution in [0.4, 0.5) is 0 Å². The largest absolute Gasteiger partial charge is 0.491 e. The van der Waals surface area contributed by atoms with Crippen LogP contribution in [0.25, 0.3) is 0 Å². The number of aryl methyl sites for hydroxylation is 1. The average Bonchev–Trinajstić information content (AvgIpc) is 2.18. The summed E-state index contributed by atoms with van der Waals surface area (Å²) in [4.78, 5) is 4.06. The van der Waals surface area contributed by atoms with E-state index in [4.69, 9.17) is 9.47 Å². The van der Waals surface area contributed by atoms with E-state index in [1.807, 2.05) is 6.07 Å². The number of hydrogen-bond acceptors (Lipinski definition) is 3. The molecule has 0 amide bonds. The van der Waals surface area contributed by atoms with Crippen molar-refractivity contribution in [3.05, 3.63) is 17.8 Å². The summed E-state index contributed by atoms with van der Waals surface area (Å²) in [5.74, 6) is 1.32. The normalized spacial score (nSPS) is 9.77. The van der Waals surface area contributed by atoms with Gasteiger partial charge in [0.2, 0.25) is 0 Å². The van der Waals surface area contributed by atoms with Crippen LogP contribution in [0.2, 0.25) is 0 Å². The highest BCUT2D eigenvalue weighted by Crippen LogP contribution is 2.28. The van der Waals surface area contributed by atoms with Crippen molar-refractivity contribution in [2.45, 2.75) is 19.8 Å². The average molecular weight is 181 g/mol. The molecule has 1 heterocycles. The first-order valence-electron chi connectivity index (χ1n) is 4.39. The maximum atomic E-state index is 5.23. The molecule has 13 heavy (non-hydrogen) atoms. The summed E-state index contributed by atoms with van der Waals surface area (Å²) in [5.41, 5.74) is 1.15. The minimum atomic E-state index is 0.563. The molecule has 0 radical (unpaired) electrons. The van der Waals surface area contributed by atoms with Crippen LogP contribution in [-0.2, 0) is 6.42 Å². The van der Waals surface area contributed by atoms with Crippen LogP contribution in [0.1, 0.15) is 18.9 Å². The Balaban J connectivity index is 3.03. The van der Waals surface area contributed by atoms with Gasteiger partial charge in [-0.2, -0.15) is 0 Å². The van der Waals surface area contributed by atoms with Gasteiger partial charge in [-0.15, -0.1) is 0 Å². The Morgan fingerprint density at radius 2 is 2.08 bits per heavy atom.